The molecule has 0 saturated heterocycles. The summed E-state index contributed by atoms with van der Waals surface area (Å²) >= 11 is 0. The molecule has 2 aromatic carbocycles. The van der Waals surface area contributed by atoms with Gasteiger partial charge >= 0.3 is 0 Å². The Hall–Kier alpha value is -3.72. The highest BCUT2D eigenvalue weighted by molar-refractivity contribution is 7.93. The number of sulfonamides is 1. The second-order valence-corrected chi connectivity index (χ2v) is 10.6. The number of amides is 2. The number of aryl methyl sites for hydroxylation is 3. The van der Waals surface area contributed by atoms with Gasteiger partial charge < -0.3 is 10.2 Å². The van der Waals surface area contributed by atoms with Gasteiger partial charge in [0.1, 0.15) is 6.04 Å². The van der Waals surface area contributed by atoms with E-state index in [4.69, 9.17) is 0 Å². The summed E-state index contributed by atoms with van der Waals surface area (Å²) in [6.45, 7) is 5.70. The van der Waals surface area contributed by atoms with Gasteiger partial charge in [-0.1, -0.05) is 29.8 Å². The SMILES string of the molecule is Cc1cc(C)c(S(=O)(=O)N2c3ccccc3NC(=O)C2CC(=O)N(C)Cc2ccncc2)c(C)c1. The van der Waals surface area contributed by atoms with Crippen molar-refractivity contribution in [3.8, 4) is 0 Å². The van der Waals surface area contributed by atoms with E-state index in [1.165, 1.54) is 4.90 Å². The van der Waals surface area contributed by atoms with E-state index in [-0.39, 0.29) is 17.2 Å². The Kier molecular flexibility index (Phi) is 6.62. The fourth-order valence-electron chi connectivity index (χ4n) is 4.58. The second kappa shape index (κ2) is 9.50. The third-order valence-corrected chi connectivity index (χ3v) is 8.20. The molecule has 0 saturated carbocycles. The smallest absolute Gasteiger partial charge is 0.265 e. The lowest BCUT2D eigenvalue weighted by Crippen LogP contribution is -2.53. The van der Waals surface area contributed by atoms with E-state index in [1.807, 2.05) is 6.92 Å². The highest BCUT2D eigenvalue weighted by Crippen LogP contribution is 2.38. The van der Waals surface area contributed by atoms with Gasteiger partial charge in [0.15, 0.2) is 0 Å². The number of anilines is 2. The lowest BCUT2D eigenvalue weighted by Gasteiger charge is -2.37. The number of aromatic nitrogens is 1. The highest BCUT2D eigenvalue weighted by Gasteiger charge is 2.43. The minimum Gasteiger partial charge on any atom is -0.341 e. The van der Waals surface area contributed by atoms with Crippen molar-refractivity contribution in [2.24, 2.45) is 0 Å². The van der Waals surface area contributed by atoms with Gasteiger partial charge in [-0.05, 0) is 61.7 Å². The van der Waals surface area contributed by atoms with E-state index in [2.05, 4.69) is 10.3 Å². The molecule has 0 spiro atoms. The topological polar surface area (TPSA) is 99.7 Å². The molecule has 2 amide bonds. The zero-order valence-corrected chi connectivity index (χ0v) is 21.0. The molecule has 3 aromatic rings. The molecule has 9 heteroatoms. The molecule has 0 aliphatic carbocycles. The summed E-state index contributed by atoms with van der Waals surface area (Å²) in [7, 11) is -2.54. The average Bonchev–Trinajstić information content (AvgIpc) is 2.79. The first-order valence-corrected chi connectivity index (χ1v) is 12.7. The molecule has 4 rings (SSSR count). The Bertz CT molecular complexity index is 1370. The third kappa shape index (κ3) is 4.77. The van der Waals surface area contributed by atoms with Crippen LogP contribution in [0.25, 0.3) is 0 Å². The molecule has 182 valence electrons. The number of nitrogens with one attached hydrogen (secondary N) is 1. The van der Waals surface area contributed by atoms with Gasteiger partial charge in [-0.3, -0.25) is 18.9 Å². The number of hydrogen-bond donors (Lipinski definition) is 1. The molecule has 8 nitrogen and oxygen atoms in total. The van der Waals surface area contributed by atoms with Crippen molar-refractivity contribution in [2.45, 2.75) is 44.7 Å². The molecule has 1 aromatic heterocycles. The second-order valence-electron chi connectivity index (χ2n) is 8.86. The largest absolute Gasteiger partial charge is 0.341 e. The van der Waals surface area contributed by atoms with Gasteiger partial charge in [-0.25, -0.2) is 8.42 Å². The van der Waals surface area contributed by atoms with Crippen LogP contribution in [0.3, 0.4) is 0 Å². The maximum atomic E-state index is 14.1. The number of benzene rings is 2. The fraction of sp³-hybridized carbons (Fsp3) is 0.269. The van der Waals surface area contributed by atoms with E-state index in [0.717, 1.165) is 15.4 Å². The number of carbonyl (C=O) groups is 2. The predicted molar refractivity (Wildman–Crippen MR) is 135 cm³/mol. The Morgan fingerprint density at radius 2 is 1.69 bits per heavy atom. The van der Waals surface area contributed by atoms with E-state index in [1.54, 1.807) is 81.8 Å². The van der Waals surface area contributed by atoms with Crippen LogP contribution in [0, 0.1) is 20.8 Å². The summed E-state index contributed by atoms with van der Waals surface area (Å²) in [6.07, 6.45) is 2.98. The van der Waals surface area contributed by atoms with Crippen LogP contribution in [0.2, 0.25) is 0 Å². The van der Waals surface area contributed by atoms with Gasteiger partial charge in [0.25, 0.3) is 10.0 Å². The Labute approximate surface area is 205 Å². The monoisotopic (exact) mass is 492 g/mol. The minimum absolute atomic E-state index is 0.148. The van der Waals surface area contributed by atoms with Crippen molar-refractivity contribution in [1.29, 1.82) is 0 Å². The molecule has 1 aliphatic heterocycles. The van der Waals surface area contributed by atoms with Crippen LogP contribution in [-0.2, 0) is 26.2 Å². The number of fused-ring (bicyclic) bond motifs is 1. The van der Waals surface area contributed by atoms with Gasteiger partial charge in [-0.2, -0.15) is 0 Å². The first kappa shape index (κ1) is 24.4. The lowest BCUT2D eigenvalue weighted by molar-refractivity contribution is -0.132. The first-order valence-electron chi connectivity index (χ1n) is 11.2. The number of pyridine rings is 1. The Balaban J connectivity index is 1.75. The quantitative estimate of drug-likeness (QED) is 0.567. The van der Waals surface area contributed by atoms with Crippen LogP contribution in [0.5, 0.6) is 0 Å². The van der Waals surface area contributed by atoms with Crippen LogP contribution in [0.4, 0.5) is 11.4 Å². The summed E-state index contributed by atoms with van der Waals surface area (Å²) in [6, 6.07) is 12.7. The molecular formula is C26H28N4O4S. The third-order valence-electron chi connectivity index (χ3n) is 6.07. The number of para-hydroxylation sites is 2. The molecular weight excluding hydrogens is 464 g/mol. The van der Waals surface area contributed by atoms with Gasteiger partial charge in [-0.15, -0.1) is 0 Å². The Morgan fingerprint density at radius 1 is 1.06 bits per heavy atom. The predicted octanol–water partition coefficient (Wildman–Crippen LogP) is 3.57. The molecule has 1 unspecified atom stereocenters. The van der Waals surface area contributed by atoms with Crippen molar-refractivity contribution in [1.82, 2.24) is 9.88 Å². The summed E-state index contributed by atoms with van der Waals surface area (Å²) in [5.41, 5.74) is 3.72. The normalized spacial score (nSPS) is 15.4. The van der Waals surface area contributed by atoms with E-state index in [9.17, 15) is 18.0 Å². The average molecular weight is 493 g/mol. The Morgan fingerprint density at radius 3 is 2.34 bits per heavy atom. The first-order chi connectivity index (χ1) is 16.6. The van der Waals surface area contributed by atoms with Gasteiger partial charge in [0.05, 0.1) is 22.7 Å². The summed E-state index contributed by atoms with van der Waals surface area (Å²) in [5, 5.41) is 2.77. The van der Waals surface area contributed by atoms with Gasteiger partial charge in [0.2, 0.25) is 11.8 Å². The minimum atomic E-state index is -4.17. The highest BCUT2D eigenvalue weighted by atomic mass is 32.2. The molecule has 0 fully saturated rings. The van der Waals surface area contributed by atoms with Crippen LogP contribution >= 0.6 is 0 Å². The van der Waals surface area contributed by atoms with Crippen molar-refractivity contribution in [2.75, 3.05) is 16.7 Å². The van der Waals surface area contributed by atoms with Crippen molar-refractivity contribution in [3.05, 3.63) is 83.2 Å². The molecule has 1 aliphatic rings. The maximum Gasteiger partial charge on any atom is 0.265 e. The summed E-state index contributed by atoms with van der Waals surface area (Å²) < 4.78 is 29.3. The van der Waals surface area contributed by atoms with Crippen LogP contribution in [0.15, 0.2) is 65.8 Å². The van der Waals surface area contributed by atoms with Gasteiger partial charge in [0, 0.05) is 26.0 Å². The molecule has 0 radical (unpaired) electrons. The number of hydrogen-bond acceptors (Lipinski definition) is 5. The fourth-order valence-corrected chi connectivity index (χ4v) is 6.63. The maximum absolute atomic E-state index is 14.1. The lowest BCUT2D eigenvalue weighted by atomic mass is 10.1. The zero-order chi connectivity index (χ0) is 25.3. The van der Waals surface area contributed by atoms with Crippen LogP contribution in [0.1, 0.15) is 28.7 Å². The standard InChI is InChI=1S/C26H28N4O4S/c1-17-13-18(2)25(19(3)14-17)35(33,34)30-22-8-6-5-7-21(22)28-26(32)23(30)15-24(31)29(4)16-20-9-11-27-12-10-20/h5-14,23H,15-16H2,1-4H3,(H,28,32). The summed E-state index contributed by atoms with van der Waals surface area (Å²) in [5.74, 6) is -0.890. The summed E-state index contributed by atoms with van der Waals surface area (Å²) in [4.78, 5) is 32.0. The van der Waals surface area contributed by atoms with E-state index >= 15 is 0 Å². The molecule has 1 atom stereocenters. The molecule has 35 heavy (non-hydrogen) atoms. The molecule has 2 heterocycles. The van der Waals surface area contributed by atoms with Crippen LogP contribution < -0.4 is 9.62 Å². The number of rotatable bonds is 6. The van der Waals surface area contributed by atoms with Crippen LogP contribution in [-0.4, -0.2) is 43.2 Å². The molecule has 0 bridgehead atoms. The van der Waals surface area contributed by atoms with E-state index in [0.29, 0.717) is 29.0 Å². The van der Waals surface area contributed by atoms with Crippen molar-refractivity contribution < 1.29 is 18.0 Å². The zero-order valence-electron chi connectivity index (χ0n) is 20.1. The number of carbonyl (C=O) groups excluding carboxylic acids is 2. The van der Waals surface area contributed by atoms with Crippen molar-refractivity contribution >= 4 is 33.2 Å². The van der Waals surface area contributed by atoms with E-state index < -0.39 is 22.0 Å². The number of nitrogens with zero attached hydrogens (tertiary/aromatic N) is 3. The molecule has 1 N–H and O–H groups in total. The van der Waals surface area contributed by atoms with Crippen molar-refractivity contribution in [3.63, 3.8) is 0 Å².